The molecule has 1 aromatic heterocycles. The number of hydrogen-bond acceptors (Lipinski definition) is 4. The summed E-state index contributed by atoms with van der Waals surface area (Å²) in [4.78, 5) is 15.0. The van der Waals surface area contributed by atoms with Crippen LogP contribution < -0.4 is 5.56 Å². The molecule has 0 amide bonds. The molecule has 1 atom stereocenters. The average Bonchev–Trinajstić information content (AvgIpc) is 2.99. The van der Waals surface area contributed by atoms with Gasteiger partial charge in [-0.05, 0) is 30.4 Å². The quantitative estimate of drug-likeness (QED) is 0.897. The summed E-state index contributed by atoms with van der Waals surface area (Å²) >= 11 is 0. The van der Waals surface area contributed by atoms with E-state index in [-0.39, 0.29) is 24.8 Å². The summed E-state index contributed by atoms with van der Waals surface area (Å²) in [6, 6.07) is 9.19. The summed E-state index contributed by atoms with van der Waals surface area (Å²) in [6.45, 7) is 1.00. The Bertz CT molecular complexity index is 854. The standard InChI is InChI=1S/C16H20N2O4S/c1-23(20,21)18(11-14-6-4-8-22-14)10-13-9-12-5-2-3-7-15(12)17-16(13)19/h2-3,5,7,9,14H,4,6,8,10-11H2,1H3,(H,17,19)/t14-/m1/s1. The molecule has 0 saturated carbocycles. The van der Waals surface area contributed by atoms with Gasteiger partial charge < -0.3 is 9.72 Å². The number of para-hydroxylation sites is 1. The summed E-state index contributed by atoms with van der Waals surface area (Å²) in [5, 5.41) is 0.882. The lowest BCUT2D eigenvalue weighted by Gasteiger charge is -2.22. The number of rotatable bonds is 5. The van der Waals surface area contributed by atoms with Gasteiger partial charge in [0.15, 0.2) is 0 Å². The van der Waals surface area contributed by atoms with Gasteiger partial charge in [-0.1, -0.05) is 18.2 Å². The Morgan fingerprint density at radius 2 is 2.13 bits per heavy atom. The summed E-state index contributed by atoms with van der Waals surface area (Å²) in [5.41, 5.74) is 0.920. The highest BCUT2D eigenvalue weighted by atomic mass is 32.2. The third kappa shape index (κ3) is 3.80. The van der Waals surface area contributed by atoms with Crippen molar-refractivity contribution in [2.24, 2.45) is 0 Å². The molecule has 0 unspecified atom stereocenters. The second kappa shape index (κ2) is 6.43. The van der Waals surface area contributed by atoms with Crippen molar-refractivity contribution in [3.63, 3.8) is 0 Å². The van der Waals surface area contributed by atoms with E-state index in [9.17, 15) is 13.2 Å². The molecule has 1 aliphatic heterocycles. The van der Waals surface area contributed by atoms with E-state index in [1.807, 2.05) is 24.3 Å². The van der Waals surface area contributed by atoms with Gasteiger partial charge in [0.25, 0.3) is 5.56 Å². The molecule has 0 spiro atoms. The second-order valence-corrected chi connectivity index (χ2v) is 7.88. The number of aromatic amines is 1. The minimum absolute atomic E-state index is 0.0544. The van der Waals surface area contributed by atoms with Crippen LogP contribution in [0.3, 0.4) is 0 Å². The molecule has 1 saturated heterocycles. The number of sulfonamides is 1. The van der Waals surface area contributed by atoms with Crippen molar-refractivity contribution in [1.82, 2.24) is 9.29 Å². The molecule has 2 aromatic rings. The lowest BCUT2D eigenvalue weighted by molar-refractivity contribution is 0.0927. The molecule has 1 aliphatic rings. The van der Waals surface area contributed by atoms with Crippen LogP contribution in [0.25, 0.3) is 10.9 Å². The Kier molecular flexibility index (Phi) is 4.52. The fourth-order valence-corrected chi connectivity index (χ4v) is 3.64. The predicted octanol–water partition coefficient (Wildman–Crippen LogP) is 1.47. The Labute approximate surface area is 135 Å². The number of hydrogen-bond donors (Lipinski definition) is 1. The van der Waals surface area contributed by atoms with Crippen LogP contribution in [0.2, 0.25) is 0 Å². The van der Waals surface area contributed by atoms with E-state index >= 15 is 0 Å². The van der Waals surface area contributed by atoms with E-state index in [1.54, 1.807) is 6.07 Å². The molecule has 1 N–H and O–H groups in total. The molecule has 0 radical (unpaired) electrons. The first kappa shape index (κ1) is 16.2. The Morgan fingerprint density at radius 1 is 1.35 bits per heavy atom. The van der Waals surface area contributed by atoms with Gasteiger partial charge in [-0.15, -0.1) is 0 Å². The minimum atomic E-state index is -3.42. The Morgan fingerprint density at radius 3 is 2.83 bits per heavy atom. The maximum absolute atomic E-state index is 12.2. The van der Waals surface area contributed by atoms with Crippen molar-refractivity contribution in [1.29, 1.82) is 0 Å². The van der Waals surface area contributed by atoms with Gasteiger partial charge in [0.05, 0.1) is 12.4 Å². The molecular formula is C16H20N2O4S. The van der Waals surface area contributed by atoms with Gasteiger partial charge in [-0.3, -0.25) is 4.79 Å². The van der Waals surface area contributed by atoms with Crippen LogP contribution >= 0.6 is 0 Å². The van der Waals surface area contributed by atoms with Gasteiger partial charge in [0, 0.05) is 30.8 Å². The second-order valence-electron chi connectivity index (χ2n) is 5.90. The molecule has 0 aliphatic carbocycles. The lowest BCUT2D eigenvalue weighted by atomic mass is 10.1. The highest BCUT2D eigenvalue weighted by Gasteiger charge is 2.25. The van der Waals surface area contributed by atoms with Gasteiger partial charge >= 0.3 is 0 Å². The topological polar surface area (TPSA) is 79.5 Å². The number of pyridine rings is 1. The van der Waals surface area contributed by atoms with Gasteiger partial charge in [-0.2, -0.15) is 4.31 Å². The number of aromatic nitrogens is 1. The number of H-pyrrole nitrogens is 1. The number of fused-ring (bicyclic) bond motifs is 1. The zero-order valence-electron chi connectivity index (χ0n) is 13.0. The van der Waals surface area contributed by atoms with Crippen molar-refractivity contribution in [3.05, 3.63) is 46.2 Å². The minimum Gasteiger partial charge on any atom is -0.377 e. The zero-order chi connectivity index (χ0) is 16.4. The van der Waals surface area contributed by atoms with Crippen molar-refractivity contribution < 1.29 is 13.2 Å². The van der Waals surface area contributed by atoms with Crippen molar-refractivity contribution in [2.45, 2.75) is 25.5 Å². The third-order valence-corrected chi connectivity index (χ3v) is 5.29. The third-order valence-electron chi connectivity index (χ3n) is 4.08. The number of nitrogens with zero attached hydrogens (tertiary/aromatic N) is 1. The number of benzene rings is 1. The van der Waals surface area contributed by atoms with Crippen LogP contribution in [0.15, 0.2) is 35.1 Å². The maximum Gasteiger partial charge on any atom is 0.252 e. The lowest BCUT2D eigenvalue weighted by Crippen LogP contribution is -2.37. The molecule has 23 heavy (non-hydrogen) atoms. The summed E-state index contributed by atoms with van der Waals surface area (Å²) in [5.74, 6) is 0. The SMILES string of the molecule is CS(=O)(=O)N(Cc1cc2ccccc2[nH]c1=O)C[C@H]1CCCO1. The van der Waals surface area contributed by atoms with Crippen LogP contribution in [0.4, 0.5) is 0 Å². The van der Waals surface area contributed by atoms with E-state index in [0.29, 0.717) is 12.2 Å². The van der Waals surface area contributed by atoms with Crippen LogP contribution in [0.5, 0.6) is 0 Å². The molecule has 2 heterocycles. The fraction of sp³-hybridized carbons (Fsp3) is 0.438. The largest absolute Gasteiger partial charge is 0.377 e. The predicted molar refractivity (Wildman–Crippen MR) is 88.8 cm³/mol. The summed E-state index contributed by atoms with van der Waals surface area (Å²) in [7, 11) is -3.42. The van der Waals surface area contributed by atoms with Crippen molar-refractivity contribution >= 4 is 20.9 Å². The first-order valence-electron chi connectivity index (χ1n) is 7.61. The van der Waals surface area contributed by atoms with Crippen LogP contribution in [0, 0.1) is 0 Å². The van der Waals surface area contributed by atoms with E-state index in [4.69, 9.17) is 4.74 Å². The van der Waals surface area contributed by atoms with Gasteiger partial charge in [-0.25, -0.2) is 8.42 Å². The summed E-state index contributed by atoms with van der Waals surface area (Å²) in [6.07, 6.45) is 2.86. The highest BCUT2D eigenvalue weighted by molar-refractivity contribution is 7.88. The van der Waals surface area contributed by atoms with E-state index in [0.717, 1.165) is 30.0 Å². The molecule has 3 rings (SSSR count). The molecule has 0 bridgehead atoms. The van der Waals surface area contributed by atoms with Gasteiger partial charge in [0.1, 0.15) is 0 Å². The average molecular weight is 336 g/mol. The molecule has 1 fully saturated rings. The molecule has 6 nitrogen and oxygen atoms in total. The first-order valence-corrected chi connectivity index (χ1v) is 9.46. The molecule has 1 aromatic carbocycles. The van der Waals surface area contributed by atoms with Crippen LogP contribution in [-0.4, -0.2) is 43.2 Å². The Hall–Kier alpha value is -1.70. The smallest absolute Gasteiger partial charge is 0.252 e. The fourth-order valence-electron chi connectivity index (χ4n) is 2.83. The van der Waals surface area contributed by atoms with Crippen molar-refractivity contribution in [3.8, 4) is 0 Å². The number of ether oxygens (including phenoxy) is 1. The monoisotopic (exact) mass is 336 g/mol. The highest BCUT2D eigenvalue weighted by Crippen LogP contribution is 2.17. The molecule has 124 valence electrons. The molecular weight excluding hydrogens is 316 g/mol. The van der Waals surface area contributed by atoms with E-state index in [1.165, 1.54) is 4.31 Å². The van der Waals surface area contributed by atoms with Crippen LogP contribution in [0.1, 0.15) is 18.4 Å². The normalized spacial score (nSPS) is 18.8. The van der Waals surface area contributed by atoms with Crippen molar-refractivity contribution in [2.75, 3.05) is 19.4 Å². The first-order chi connectivity index (χ1) is 10.9. The maximum atomic E-state index is 12.2. The zero-order valence-corrected chi connectivity index (χ0v) is 13.8. The number of nitrogens with one attached hydrogen (secondary N) is 1. The van der Waals surface area contributed by atoms with E-state index in [2.05, 4.69) is 4.98 Å². The summed E-state index contributed by atoms with van der Waals surface area (Å²) < 4.78 is 31.0. The van der Waals surface area contributed by atoms with Crippen LogP contribution in [-0.2, 0) is 21.3 Å². The Balaban J connectivity index is 1.90. The van der Waals surface area contributed by atoms with E-state index < -0.39 is 10.0 Å². The molecule has 7 heteroatoms. The van der Waals surface area contributed by atoms with Gasteiger partial charge in [0.2, 0.25) is 10.0 Å².